The van der Waals surface area contributed by atoms with Gasteiger partial charge in [-0.05, 0) is 37.7 Å². The van der Waals surface area contributed by atoms with Gasteiger partial charge in [-0.2, -0.15) is 0 Å². The molecule has 0 saturated heterocycles. The van der Waals surface area contributed by atoms with Crippen LogP contribution < -0.4 is 5.73 Å². The van der Waals surface area contributed by atoms with Crippen LogP contribution in [0.15, 0.2) is 12.1 Å². The number of ether oxygens (including phenoxy) is 1. The van der Waals surface area contributed by atoms with Gasteiger partial charge >= 0.3 is 0 Å². The van der Waals surface area contributed by atoms with Crippen molar-refractivity contribution in [1.29, 1.82) is 0 Å². The van der Waals surface area contributed by atoms with Crippen LogP contribution in [0.4, 0.5) is 13.2 Å². The smallest absolute Gasteiger partial charge is 0.194 e. The molecule has 1 atom stereocenters. The number of rotatable bonds is 3. The van der Waals surface area contributed by atoms with Crippen LogP contribution in [0.25, 0.3) is 0 Å². The lowest BCUT2D eigenvalue weighted by Gasteiger charge is -2.42. The van der Waals surface area contributed by atoms with E-state index in [1.165, 1.54) is 13.2 Å². The highest BCUT2D eigenvalue weighted by Crippen LogP contribution is 2.42. The quantitative estimate of drug-likeness (QED) is 0.860. The van der Waals surface area contributed by atoms with Gasteiger partial charge in [0, 0.05) is 12.7 Å². The summed E-state index contributed by atoms with van der Waals surface area (Å²) in [5.74, 6) is -3.33. The second-order valence-corrected chi connectivity index (χ2v) is 5.69. The maximum Gasteiger partial charge on any atom is 0.194 e. The van der Waals surface area contributed by atoms with Crippen molar-refractivity contribution in [2.75, 3.05) is 7.11 Å². The monoisotopic (exact) mass is 287 g/mol. The van der Waals surface area contributed by atoms with Gasteiger partial charge in [0.2, 0.25) is 0 Å². The fourth-order valence-electron chi connectivity index (χ4n) is 2.96. The molecule has 0 bridgehead atoms. The van der Waals surface area contributed by atoms with E-state index < -0.39 is 29.1 Å². The minimum atomic E-state index is -1.48. The third kappa shape index (κ3) is 2.56. The highest BCUT2D eigenvalue weighted by molar-refractivity contribution is 5.26. The van der Waals surface area contributed by atoms with E-state index in [2.05, 4.69) is 6.92 Å². The Morgan fingerprint density at radius 3 is 2.35 bits per heavy atom. The minimum absolute atomic E-state index is 0.0275. The zero-order chi connectivity index (χ0) is 14.9. The molecule has 1 unspecified atom stereocenters. The molecule has 5 heteroatoms. The molecule has 0 amide bonds. The van der Waals surface area contributed by atoms with Gasteiger partial charge < -0.3 is 10.5 Å². The third-order valence-corrected chi connectivity index (χ3v) is 4.49. The Balaban J connectivity index is 2.34. The Labute approximate surface area is 117 Å². The van der Waals surface area contributed by atoms with E-state index in [4.69, 9.17) is 10.5 Å². The molecule has 1 aromatic carbocycles. The second kappa shape index (κ2) is 5.74. The van der Waals surface area contributed by atoms with E-state index in [1.807, 2.05) is 0 Å². The molecule has 2 nitrogen and oxygen atoms in total. The minimum Gasteiger partial charge on any atom is -0.376 e. The highest BCUT2D eigenvalue weighted by Gasteiger charge is 2.41. The standard InChI is InChI=1S/C15H20F3NO/c1-9-5-7-15(20-2,8-6-9)14(19)10-3-4-11(16)13(18)12(10)17/h3-4,9,14H,5-8,19H2,1-2H3. The first-order valence-corrected chi connectivity index (χ1v) is 6.85. The van der Waals surface area contributed by atoms with Crippen LogP contribution in [-0.4, -0.2) is 12.7 Å². The van der Waals surface area contributed by atoms with Crippen molar-refractivity contribution in [3.05, 3.63) is 35.1 Å². The summed E-state index contributed by atoms with van der Waals surface area (Å²) in [6.07, 6.45) is 3.22. The summed E-state index contributed by atoms with van der Waals surface area (Å²) in [4.78, 5) is 0. The van der Waals surface area contributed by atoms with Gasteiger partial charge in [-0.1, -0.05) is 13.0 Å². The fraction of sp³-hybridized carbons (Fsp3) is 0.600. The van der Waals surface area contributed by atoms with Crippen LogP contribution in [-0.2, 0) is 4.74 Å². The molecule has 1 saturated carbocycles. The van der Waals surface area contributed by atoms with Crippen molar-refractivity contribution >= 4 is 0 Å². The van der Waals surface area contributed by atoms with Crippen LogP contribution in [0.3, 0.4) is 0 Å². The molecular weight excluding hydrogens is 267 g/mol. The Bertz CT molecular complexity index is 484. The first-order chi connectivity index (χ1) is 9.41. The molecule has 0 aromatic heterocycles. The summed E-state index contributed by atoms with van der Waals surface area (Å²) in [6.45, 7) is 2.14. The highest BCUT2D eigenvalue weighted by atomic mass is 19.2. The molecule has 1 aliphatic rings. The average molecular weight is 287 g/mol. The van der Waals surface area contributed by atoms with E-state index >= 15 is 0 Å². The van der Waals surface area contributed by atoms with Crippen LogP contribution in [0.2, 0.25) is 0 Å². The molecule has 1 aromatic rings. The molecule has 0 aliphatic heterocycles. The Hall–Kier alpha value is -1.07. The van der Waals surface area contributed by atoms with Gasteiger partial charge in [-0.3, -0.25) is 0 Å². The van der Waals surface area contributed by atoms with Crippen LogP contribution in [0, 0.1) is 23.4 Å². The summed E-state index contributed by atoms with van der Waals surface area (Å²) >= 11 is 0. The van der Waals surface area contributed by atoms with Gasteiger partial charge in [0.15, 0.2) is 17.5 Å². The van der Waals surface area contributed by atoms with Crippen molar-refractivity contribution < 1.29 is 17.9 Å². The lowest BCUT2D eigenvalue weighted by atomic mass is 9.73. The Morgan fingerprint density at radius 1 is 1.20 bits per heavy atom. The third-order valence-electron chi connectivity index (χ3n) is 4.49. The first kappa shape index (κ1) is 15.3. The first-order valence-electron chi connectivity index (χ1n) is 6.85. The Morgan fingerprint density at radius 2 is 1.80 bits per heavy atom. The lowest BCUT2D eigenvalue weighted by molar-refractivity contribution is -0.0679. The van der Waals surface area contributed by atoms with E-state index in [0.717, 1.165) is 18.9 Å². The van der Waals surface area contributed by atoms with E-state index in [0.29, 0.717) is 18.8 Å². The van der Waals surface area contributed by atoms with Gasteiger partial charge in [0.1, 0.15) is 0 Å². The molecule has 1 aliphatic carbocycles. The van der Waals surface area contributed by atoms with E-state index in [1.54, 1.807) is 0 Å². The normalized spacial score (nSPS) is 28.4. The van der Waals surface area contributed by atoms with Gasteiger partial charge in [0.05, 0.1) is 11.6 Å². The zero-order valence-electron chi connectivity index (χ0n) is 11.8. The van der Waals surface area contributed by atoms with Crippen LogP contribution in [0.5, 0.6) is 0 Å². The number of nitrogens with two attached hydrogens (primary N) is 1. The number of methoxy groups -OCH3 is 1. The molecule has 0 radical (unpaired) electrons. The van der Waals surface area contributed by atoms with Crippen LogP contribution >= 0.6 is 0 Å². The van der Waals surface area contributed by atoms with Gasteiger partial charge in [-0.15, -0.1) is 0 Å². The molecule has 112 valence electrons. The van der Waals surface area contributed by atoms with E-state index in [-0.39, 0.29) is 5.56 Å². The second-order valence-electron chi connectivity index (χ2n) is 5.69. The molecule has 1 fully saturated rings. The molecule has 2 N–H and O–H groups in total. The zero-order valence-corrected chi connectivity index (χ0v) is 11.8. The van der Waals surface area contributed by atoms with Crippen molar-refractivity contribution in [2.24, 2.45) is 11.7 Å². The summed E-state index contributed by atoms with van der Waals surface area (Å²) in [5, 5.41) is 0. The van der Waals surface area contributed by atoms with Gasteiger partial charge in [-0.25, -0.2) is 13.2 Å². The topological polar surface area (TPSA) is 35.2 Å². The maximum atomic E-state index is 13.9. The van der Waals surface area contributed by atoms with Crippen molar-refractivity contribution in [3.8, 4) is 0 Å². The fourth-order valence-corrected chi connectivity index (χ4v) is 2.96. The molecule has 20 heavy (non-hydrogen) atoms. The molecular formula is C15H20F3NO. The van der Waals surface area contributed by atoms with Crippen molar-refractivity contribution in [2.45, 2.75) is 44.2 Å². The summed E-state index contributed by atoms with van der Waals surface area (Å²) in [5.41, 5.74) is 5.39. The number of hydrogen-bond donors (Lipinski definition) is 1. The summed E-state index contributed by atoms with van der Waals surface area (Å²) in [7, 11) is 1.54. The lowest BCUT2D eigenvalue weighted by Crippen LogP contribution is -2.46. The molecule has 0 spiro atoms. The van der Waals surface area contributed by atoms with Crippen LogP contribution in [0.1, 0.15) is 44.2 Å². The predicted octanol–water partition coefficient (Wildman–Crippen LogP) is 3.70. The predicted molar refractivity (Wildman–Crippen MR) is 70.6 cm³/mol. The summed E-state index contributed by atoms with van der Waals surface area (Å²) < 4.78 is 45.8. The largest absolute Gasteiger partial charge is 0.376 e. The number of benzene rings is 1. The summed E-state index contributed by atoms with van der Waals surface area (Å²) in [6, 6.07) is 1.30. The van der Waals surface area contributed by atoms with Crippen molar-refractivity contribution in [1.82, 2.24) is 0 Å². The molecule has 0 heterocycles. The van der Waals surface area contributed by atoms with Gasteiger partial charge in [0.25, 0.3) is 0 Å². The average Bonchev–Trinajstić information content (AvgIpc) is 2.46. The number of hydrogen-bond acceptors (Lipinski definition) is 2. The van der Waals surface area contributed by atoms with E-state index in [9.17, 15) is 13.2 Å². The SMILES string of the molecule is COC1(C(N)c2ccc(F)c(F)c2F)CCC(C)CC1. The number of halogens is 3. The molecule has 2 rings (SSSR count). The maximum absolute atomic E-state index is 13.9. The van der Waals surface area contributed by atoms with Crippen molar-refractivity contribution in [3.63, 3.8) is 0 Å². The Kier molecular flexibility index (Phi) is 4.39.